The second-order valence-corrected chi connectivity index (χ2v) is 5.49. The van der Waals surface area contributed by atoms with E-state index in [4.69, 9.17) is 5.11 Å². The van der Waals surface area contributed by atoms with Crippen LogP contribution in [0.25, 0.3) is 0 Å². The Morgan fingerprint density at radius 1 is 1.29 bits per heavy atom. The van der Waals surface area contributed by atoms with Crippen LogP contribution in [0.15, 0.2) is 0 Å². The van der Waals surface area contributed by atoms with Crippen LogP contribution in [0, 0.1) is 5.92 Å². The van der Waals surface area contributed by atoms with Crippen molar-refractivity contribution < 1.29 is 14.7 Å². The maximum absolute atomic E-state index is 11.6. The molecule has 0 radical (unpaired) electrons. The highest BCUT2D eigenvalue weighted by Crippen LogP contribution is 2.23. The van der Waals surface area contributed by atoms with Gasteiger partial charge in [0.15, 0.2) is 0 Å². The Hall–Kier alpha value is -0.710. The van der Waals surface area contributed by atoms with E-state index in [9.17, 15) is 9.59 Å². The maximum atomic E-state index is 11.6. The molecule has 1 saturated carbocycles. The van der Waals surface area contributed by atoms with Crippen molar-refractivity contribution in [1.82, 2.24) is 5.32 Å². The molecule has 2 unspecified atom stereocenters. The molecule has 0 saturated heterocycles. The average Bonchev–Trinajstić information content (AvgIpc) is 2.51. The second-order valence-electron chi connectivity index (χ2n) is 4.50. The lowest BCUT2D eigenvalue weighted by Crippen LogP contribution is -2.42. The van der Waals surface area contributed by atoms with Crippen LogP contribution < -0.4 is 5.32 Å². The molecule has 0 aliphatic heterocycles. The molecule has 2 atom stereocenters. The number of aliphatic carboxylic acids is 1. The van der Waals surface area contributed by atoms with Crippen molar-refractivity contribution in [2.24, 2.45) is 5.92 Å². The molecule has 1 amide bonds. The number of thioether (sulfide) groups is 1. The summed E-state index contributed by atoms with van der Waals surface area (Å²) in [5.74, 6) is -0.411. The van der Waals surface area contributed by atoms with E-state index in [1.54, 1.807) is 11.8 Å². The van der Waals surface area contributed by atoms with Gasteiger partial charge in [0, 0.05) is 18.2 Å². The van der Waals surface area contributed by atoms with Crippen LogP contribution in [-0.2, 0) is 9.59 Å². The molecule has 98 valence electrons. The Morgan fingerprint density at radius 3 is 2.65 bits per heavy atom. The molecule has 0 aromatic carbocycles. The van der Waals surface area contributed by atoms with Crippen LogP contribution in [0.1, 0.15) is 38.5 Å². The summed E-state index contributed by atoms with van der Waals surface area (Å²) in [6.45, 7) is 0. The molecule has 0 heterocycles. The summed E-state index contributed by atoms with van der Waals surface area (Å²) in [4.78, 5) is 22.8. The van der Waals surface area contributed by atoms with Crippen molar-refractivity contribution in [2.45, 2.75) is 44.6 Å². The predicted octanol–water partition coefficient (Wildman–Crippen LogP) is 1.89. The fraction of sp³-hybridized carbons (Fsp3) is 0.833. The quantitative estimate of drug-likeness (QED) is 0.740. The van der Waals surface area contributed by atoms with Gasteiger partial charge in [0.25, 0.3) is 0 Å². The van der Waals surface area contributed by atoms with Crippen LogP contribution in [0.4, 0.5) is 0 Å². The Balaban J connectivity index is 2.51. The molecular weight excluding hydrogens is 238 g/mol. The lowest BCUT2D eigenvalue weighted by molar-refractivity contribution is -0.143. The van der Waals surface area contributed by atoms with Gasteiger partial charge in [-0.15, -0.1) is 0 Å². The third-order valence-corrected chi connectivity index (χ3v) is 3.83. The number of rotatable bonds is 5. The van der Waals surface area contributed by atoms with Gasteiger partial charge < -0.3 is 10.4 Å². The smallest absolute Gasteiger partial charge is 0.308 e. The molecule has 1 aliphatic rings. The van der Waals surface area contributed by atoms with Crippen LogP contribution in [0.2, 0.25) is 0 Å². The first-order chi connectivity index (χ1) is 8.15. The van der Waals surface area contributed by atoms with E-state index >= 15 is 0 Å². The zero-order valence-electron chi connectivity index (χ0n) is 10.3. The predicted molar refractivity (Wildman–Crippen MR) is 69.1 cm³/mol. The molecule has 1 fully saturated rings. The van der Waals surface area contributed by atoms with Gasteiger partial charge in [0.2, 0.25) is 5.91 Å². The van der Waals surface area contributed by atoms with Gasteiger partial charge >= 0.3 is 5.97 Å². The summed E-state index contributed by atoms with van der Waals surface area (Å²) < 4.78 is 0. The van der Waals surface area contributed by atoms with Crippen LogP contribution >= 0.6 is 11.8 Å². The van der Waals surface area contributed by atoms with E-state index in [-0.39, 0.29) is 11.9 Å². The van der Waals surface area contributed by atoms with E-state index in [1.807, 2.05) is 6.26 Å². The number of nitrogens with one attached hydrogen (secondary N) is 1. The molecule has 2 N–H and O–H groups in total. The summed E-state index contributed by atoms with van der Waals surface area (Å²) in [5.41, 5.74) is 0. The topological polar surface area (TPSA) is 66.4 Å². The standard InChI is InChI=1S/C12H21NO3S/c1-17-8-7-11(14)13-10-6-4-2-3-5-9(10)12(15)16/h9-10H,2-8H2,1H3,(H,13,14)(H,15,16). The Kier molecular flexibility index (Phi) is 6.40. The molecule has 17 heavy (non-hydrogen) atoms. The van der Waals surface area contributed by atoms with Crippen molar-refractivity contribution >= 4 is 23.6 Å². The highest BCUT2D eigenvalue weighted by Gasteiger charge is 2.30. The van der Waals surface area contributed by atoms with Crippen molar-refractivity contribution in [2.75, 3.05) is 12.0 Å². The lowest BCUT2D eigenvalue weighted by atomic mass is 9.95. The first-order valence-corrected chi connectivity index (χ1v) is 7.55. The monoisotopic (exact) mass is 259 g/mol. The van der Waals surface area contributed by atoms with Crippen molar-refractivity contribution in [3.63, 3.8) is 0 Å². The van der Waals surface area contributed by atoms with Crippen molar-refractivity contribution in [3.8, 4) is 0 Å². The van der Waals surface area contributed by atoms with Gasteiger partial charge in [0.1, 0.15) is 0 Å². The molecule has 0 spiro atoms. The Morgan fingerprint density at radius 2 is 2.00 bits per heavy atom. The number of carbonyl (C=O) groups excluding carboxylic acids is 1. The number of hydrogen-bond acceptors (Lipinski definition) is 3. The second kappa shape index (κ2) is 7.58. The first kappa shape index (κ1) is 14.4. The molecule has 1 aliphatic carbocycles. The highest BCUT2D eigenvalue weighted by atomic mass is 32.2. The van der Waals surface area contributed by atoms with Gasteiger partial charge in [-0.1, -0.05) is 19.3 Å². The number of carboxylic acids is 1. The van der Waals surface area contributed by atoms with Crippen LogP contribution in [0.5, 0.6) is 0 Å². The van der Waals surface area contributed by atoms with Crippen LogP contribution in [-0.4, -0.2) is 35.0 Å². The third kappa shape index (κ3) is 4.98. The zero-order valence-corrected chi connectivity index (χ0v) is 11.1. The number of carbonyl (C=O) groups is 2. The number of carboxylic acid groups (broad SMARTS) is 1. The summed E-state index contributed by atoms with van der Waals surface area (Å²) in [6.07, 6.45) is 6.94. The van der Waals surface area contributed by atoms with Crippen molar-refractivity contribution in [1.29, 1.82) is 0 Å². The Bertz CT molecular complexity index is 270. The molecule has 5 heteroatoms. The number of amides is 1. The average molecular weight is 259 g/mol. The fourth-order valence-corrected chi connectivity index (χ4v) is 2.64. The van der Waals surface area contributed by atoms with Gasteiger partial charge in [-0.3, -0.25) is 9.59 Å². The summed E-state index contributed by atoms with van der Waals surface area (Å²) in [6, 6.07) is -0.177. The summed E-state index contributed by atoms with van der Waals surface area (Å²) >= 11 is 1.63. The summed E-state index contributed by atoms with van der Waals surface area (Å²) in [7, 11) is 0. The minimum atomic E-state index is -0.776. The first-order valence-electron chi connectivity index (χ1n) is 6.16. The van der Waals surface area contributed by atoms with Gasteiger partial charge in [-0.25, -0.2) is 0 Å². The van der Waals surface area contributed by atoms with E-state index in [0.29, 0.717) is 12.8 Å². The molecule has 4 nitrogen and oxygen atoms in total. The fourth-order valence-electron chi connectivity index (χ4n) is 2.25. The number of hydrogen-bond donors (Lipinski definition) is 2. The minimum Gasteiger partial charge on any atom is -0.481 e. The maximum Gasteiger partial charge on any atom is 0.308 e. The molecule has 0 bridgehead atoms. The minimum absolute atomic E-state index is 0.0162. The zero-order chi connectivity index (χ0) is 12.7. The largest absolute Gasteiger partial charge is 0.481 e. The Labute approximate surface area is 107 Å². The van der Waals surface area contributed by atoms with Gasteiger partial charge in [0.05, 0.1) is 5.92 Å². The molecule has 0 aromatic rings. The van der Waals surface area contributed by atoms with E-state index in [1.165, 1.54) is 0 Å². The SMILES string of the molecule is CSCCC(=O)NC1CCCCCC1C(=O)O. The molecular formula is C12H21NO3S. The van der Waals surface area contributed by atoms with Crippen molar-refractivity contribution in [3.05, 3.63) is 0 Å². The lowest BCUT2D eigenvalue weighted by Gasteiger charge is -2.22. The highest BCUT2D eigenvalue weighted by molar-refractivity contribution is 7.98. The normalized spacial score (nSPS) is 25.0. The third-order valence-electron chi connectivity index (χ3n) is 3.21. The van der Waals surface area contributed by atoms with E-state index in [2.05, 4.69) is 5.32 Å². The van der Waals surface area contributed by atoms with E-state index in [0.717, 1.165) is 31.4 Å². The summed E-state index contributed by atoms with van der Waals surface area (Å²) in [5, 5.41) is 12.1. The molecule has 0 aromatic heterocycles. The van der Waals surface area contributed by atoms with Gasteiger partial charge in [-0.05, 0) is 19.1 Å². The van der Waals surface area contributed by atoms with E-state index < -0.39 is 11.9 Å². The van der Waals surface area contributed by atoms with Gasteiger partial charge in [-0.2, -0.15) is 11.8 Å². The molecule has 1 rings (SSSR count). The van der Waals surface area contributed by atoms with Crippen LogP contribution in [0.3, 0.4) is 0 Å².